The van der Waals surface area contributed by atoms with Gasteiger partial charge in [0.1, 0.15) is 51.6 Å². The van der Waals surface area contributed by atoms with Crippen molar-refractivity contribution in [3.63, 3.8) is 0 Å². The normalized spacial score (nSPS) is 15.8. The Morgan fingerprint density at radius 1 is 0.511 bits per heavy atom. The summed E-state index contributed by atoms with van der Waals surface area (Å²) in [6.45, 7) is 3.31. The summed E-state index contributed by atoms with van der Waals surface area (Å²) in [6, 6.07) is 33.6. The number of hydrogen-bond acceptors (Lipinski definition) is 24. The van der Waals surface area contributed by atoms with Gasteiger partial charge in [-0.3, -0.25) is 33.6 Å². The van der Waals surface area contributed by atoms with Crippen LogP contribution in [0.1, 0.15) is 72.9 Å². The topological polar surface area (TPSA) is 438 Å². The predicted molar refractivity (Wildman–Crippen MR) is 323 cm³/mol. The number of anilines is 6. The third-order valence-electron chi connectivity index (χ3n) is 13.4. The molecule has 0 aliphatic heterocycles. The van der Waals surface area contributed by atoms with E-state index < -0.39 is 47.5 Å². The highest BCUT2D eigenvalue weighted by molar-refractivity contribution is 5.99. The minimum atomic E-state index is -0.644. The van der Waals surface area contributed by atoms with Gasteiger partial charge in [-0.25, -0.2) is 15.0 Å². The number of nitrogen functional groups attached to an aromatic ring is 3. The maximum atomic E-state index is 14.1. The van der Waals surface area contributed by atoms with E-state index in [0.717, 1.165) is 0 Å². The maximum absolute atomic E-state index is 14.1. The maximum Gasteiger partial charge on any atom is 0.315 e. The van der Waals surface area contributed by atoms with Gasteiger partial charge in [0.2, 0.25) is 17.7 Å². The largest absolute Gasteiger partial charge is 0.424 e. The van der Waals surface area contributed by atoms with Gasteiger partial charge in [0.15, 0.2) is 34.7 Å². The van der Waals surface area contributed by atoms with Crippen molar-refractivity contribution in [3.05, 3.63) is 144 Å². The third kappa shape index (κ3) is 16.3. The van der Waals surface area contributed by atoms with E-state index in [1.54, 1.807) is 91.0 Å². The Bertz CT molecular complexity index is 3920. The molecule has 2 aliphatic rings. The molecule has 0 radical (unpaired) electrons. The van der Waals surface area contributed by atoms with Crippen molar-refractivity contribution in [1.82, 2.24) is 20.3 Å². The number of hydrogen-bond donors (Lipinski definition) is 9. The number of para-hydroxylation sites is 1. The fourth-order valence-corrected chi connectivity index (χ4v) is 8.76. The van der Waals surface area contributed by atoms with Crippen LogP contribution in [0, 0.1) is 17.8 Å². The van der Waals surface area contributed by atoms with Crippen molar-refractivity contribution in [2.24, 2.45) is 59.9 Å². The second kappa shape index (κ2) is 28.1. The Morgan fingerprint density at radius 3 is 1.44 bits per heavy atom. The van der Waals surface area contributed by atoms with Gasteiger partial charge in [-0.2, -0.15) is 0 Å². The van der Waals surface area contributed by atoms with Crippen LogP contribution in [-0.4, -0.2) is 76.1 Å². The number of nitrogens with two attached hydrogens (primary N) is 5. The van der Waals surface area contributed by atoms with Crippen molar-refractivity contribution in [1.29, 1.82) is 0 Å². The van der Waals surface area contributed by atoms with Crippen molar-refractivity contribution < 1.29 is 47.8 Å². The van der Waals surface area contributed by atoms with Crippen molar-refractivity contribution in [2.45, 2.75) is 51.4 Å². The number of nitrogens with one attached hydrogen (secondary N) is 4. The highest BCUT2D eigenvalue weighted by Crippen LogP contribution is 2.52. The van der Waals surface area contributed by atoms with Crippen LogP contribution in [0.3, 0.4) is 0 Å². The Labute approximate surface area is 502 Å². The summed E-state index contributed by atoms with van der Waals surface area (Å²) in [7, 11) is 0. The van der Waals surface area contributed by atoms with Crippen LogP contribution in [0.5, 0.6) is 17.2 Å². The number of rotatable bonds is 24. The molecule has 4 unspecified atom stereocenters. The molecule has 3 heterocycles. The van der Waals surface area contributed by atoms with Crippen molar-refractivity contribution in [3.8, 4) is 17.2 Å². The van der Waals surface area contributed by atoms with Gasteiger partial charge in [0, 0.05) is 24.9 Å². The summed E-state index contributed by atoms with van der Waals surface area (Å²) in [5, 5.41) is 36.2. The fourth-order valence-electron chi connectivity index (χ4n) is 8.76. The lowest BCUT2D eigenvalue weighted by atomic mass is 10.1. The zero-order chi connectivity index (χ0) is 62.4. The van der Waals surface area contributed by atoms with Gasteiger partial charge in [0.05, 0.1) is 24.9 Å². The molecule has 14 N–H and O–H groups in total. The summed E-state index contributed by atoms with van der Waals surface area (Å²) < 4.78 is 17.6. The van der Waals surface area contributed by atoms with Crippen LogP contribution in [0.4, 0.5) is 69.0 Å². The highest BCUT2D eigenvalue weighted by atomic mass is 16.5. The lowest BCUT2D eigenvalue weighted by Crippen LogP contribution is -2.33. The highest BCUT2D eigenvalue weighted by Gasteiger charge is 2.47. The molecule has 7 aromatic rings. The summed E-state index contributed by atoms with van der Waals surface area (Å²) in [5.41, 5.74) is 32.0. The van der Waals surface area contributed by atoms with Crippen molar-refractivity contribution >= 4 is 111 Å². The first kappa shape index (κ1) is 61.3. The Kier molecular flexibility index (Phi) is 19.6. The Morgan fingerprint density at radius 2 is 0.955 bits per heavy atom. The minimum Gasteiger partial charge on any atom is -0.424 e. The molecule has 88 heavy (non-hydrogen) atoms. The average molecular weight is 1190 g/mol. The van der Waals surface area contributed by atoms with Crippen molar-refractivity contribution in [2.75, 3.05) is 52.8 Å². The van der Waals surface area contributed by atoms with Crippen LogP contribution in [-0.2, 0) is 28.8 Å². The zero-order valence-corrected chi connectivity index (χ0v) is 47.5. The zero-order valence-electron chi connectivity index (χ0n) is 47.5. The minimum absolute atomic E-state index is 0.00605. The average Bonchev–Trinajstić information content (AvgIpc) is 2.42. The SMILES string of the molecule is CC(C)CC(=O)Oc1ccc(C2CC2C(=O)Oc2ccc(C3CC3C(=O)Oc3ccccc3/N=N/c3ccc(NC(=O)CCN)nc3N)cc2/N=N/c2ccc(NC(=O)CNC(=O)c3ccccc3)nc2N)cc1/N=N/c1ccc(NC(=O)CN)nc1N. The molecule has 4 aromatic carbocycles. The summed E-state index contributed by atoms with van der Waals surface area (Å²) in [5.74, 6) is -4.88. The van der Waals surface area contributed by atoms with E-state index in [-0.39, 0.29) is 142 Å². The standard InChI is InChI=1S/C60H60N18O10/c1-31(2)24-54(82)86-46-17-12-33(25-43(46)77-75-41-15-20-49(71-56(41)64)68-52(80)29-62)35-28-38(35)60(85)88-47-18-13-34(26-44(47)78-76-42-16-21-50(72-57(42)65)69-53(81)30-66-58(83)32-8-4-3-5-9-32)36-27-37(36)59(84)87-45-11-7-6-10-39(45)73-74-40-14-19-48(70-55(40)63)67-51(79)22-23-61/h3-21,25-26,31,35-38H,22-24,27-30,61-62H2,1-2H3,(H,66,83)(H3,63,67,70,79)(H3,64,68,71,80)(H3,65,69,72,81)/b74-73+,77-75+,78-76+. The van der Waals surface area contributed by atoms with E-state index in [0.29, 0.717) is 29.5 Å². The van der Waals surface area contributed by atoms with Crippen LogP contribution >= 0.6 is 0 Å². The quantitative estimate of drug-likeness (QED) is 0.0155. The Hall–Kier alpha value is -11.3. The first-order chi connectivity index (χ1) is 42.4. The van der Waals surface area contributed by atoms with E-state index >= 15 is 0 Å². The molecule has 3 aromatic heterocycles. The van der Waals surface area contributed by atoms with Gasteiger partial charge < -0.3 is 64.1 Å². The molecule has 28 heteroatoms. The molecule has 4 atom stereocenters. The number of esters is 3. The monoisotopic (exact) mass is 1190 g/mol. The third-order valence-corrected chi connectivity index (χ3v) is 13.4. The van der Waals surface area contributed by atoms with E-state index in [1.165, 1.54) is 36.4 Å². The lowest BCUT2D eigenvalue weighted by molar-refractivity contribution is -0.136. The fraction of sp³-hybridized carbons (Fsp3) is 0.233. The molecule has 4 amide bonds. The molecular formula is C60H60N18O10. The van der Waals surface area contributed by atoms with Crippen LogP contribution in [0.25, 0.3) is 0 Å². The molecule has 9 rings (SSSR count). The summed E-state index contributed by atoms with van der Waals surface area (Å²) in [6.07, 6.45) is 0.999. The molecule has 0 bridgehead atoms. The van der Waals surface area contributed by atoms with E-state index in [1.807, 2.05) is 13.8 Å². The molecule has 2 aliphatic carbocycles. The molecule has 2 fully saturated rings. The summed E-state index contributed by atoms with van der Waals surface area (Å²) >= 11 is 0. The number of benzene rings is 4. The number of azo groups is 3. The second-order valence-electron chi connectivity index (χ2n) is 20.6. The predicted octanol–water partition coefficient (Wildman–Crippen LogP) is 8.79. The molecular weight excluding hydrogens is 1130 g/mol. The number of amides is 4. The van der Waals surface area contributed by atoms with Gasteiger partial charge >= 0.3 is 17.9 Å². The number of nitrogens with zero attached hydrogens (tertiary/aromatic N) is 9. The summed E-state index contributed by atoms with van der Waals surface area (Å²) in [4.78, 5) is 102. The molecule has 28 nitrogen and oxygen atoms in total. The van der Waals surface area contributed by atoms with Gasteiger partial charge in [-0.1, -0.05) is 56.3 Å². The number of pyridine rings is 3. The molecule has 0 saturated heterocycles. The van der Waals surface area contributed by atoms with Crippen LogP contribution in [0.15, 0.2) is 158 Å². The number of carbonyl (C=O) groups excluding carboxylic acids is 7. The van der Waals surface area contributed by atoms with E-state index in [9.17, 15) is 33.6 Å². The van der Waals surface area contributed by atoms with Crippen LogP contribution in [0.2, 0.25) is 0 Å². The molecule has 450 valence electrons. The smallest absolute Gasteiger partial charge is 0.315 e. The lowest BCUT2D eigenvalue weighted by Gasteiger charge is -2.11. The Balaban J connectivity index is 0.923. The van der Waals surface area contributed by atoms with E-state index in [4.69, 9.17) is 42.9 Å². The number of carbonyl (C=O) groups is 7. The van der Waals surface area contributed by atoms with Crippen LogP contribution < -0.4 is 64.1 Å². The van der Waals surface area contributed by atoms with Gasteiger partial charge in [0.25, 0.3) is 5.91 Å². The molecule has 2 saturated carbocycles. The van der Waals surface area contributed by atoms with Gasteiger partial charge in [-0.15, -0.1) is 30.7 Å². The first-order valence-corrected chi connectivity index (χ1v) is 27.6. The number of aromatic nitrogens is 3. The van der Waals surface area contributed by atoms with E-state index in [2.05, 4.69) is 66.9 Å². The first-order valence-electron chi connectivity index (χ1n) is 27.6. The van der Waals surface area contributed by atoms with Gasteiger partial charge in [-0.05, 0) is 127 Å². The second-order valence-corrected chi connectivity index (χ2v) is 20.6. The molecule has 0 spiro atoms. The number of ether oxygens (including phenoxy) is 3.